The summed E-state index contributed by atoms with van der Waals surface area (Å²) in [5.41, 5.74) is 3.45. The average molecular weight is 366 g/mol. The SMILES string of the molecule is Oc1cccc(-c2cnc3ccc(OCCc4cccc(Cl)c4)nn23)c1. The third-order valence-corrected chi connectivity index (χ3v) is 4.24. The molecule has 6 heteroatoms. The molecule has 26 heavy (non-hydrogen) atoms. The van der Waals surface area contributed by atoms with Crippen LogP contribution in [-0.4, -0.2) is 26.3 Å². The summed E-state index contributed by atoms with van der Waals surface area (Å²) in [6.07, 6.45) is 2.47. The van der Waals surface area contributed by atoms with Gasteiger partial charge in [-0.05, 0) is 35.9 Å². The number of hydrogen-bond donors (Lipinski definition) is 1. The van der Waals surface area contributed by atoms with Crippen molar-refractivity contribution in [3.8, 4) is 22.9 Å². The molecule has 2 heterocycles. The Bertz CT molecular complexity index is 1060. The number of ether oxygens (including phenoxy) is 1. The van der Waals surface area contributed by atoms with Crippen molar-refractivity contribution in [3.05, 3.63) is 77.4 Å². The van der Waals surface area contributed by atoms with Crippen LogP contribution < -0.4 is 4.74 Å². The number of aromatic nitrogens is 3. The third-order valence-electron chi connectivity index (χ3n) is 4.01. The fourth-order valence-corrected chi connectivity index (χ4v) is 2.97. The van der Waals surface area contributed by atoms with Crippen LogP contribution >= 0.6 is 11.6 Å². The largest absolute Gasteiger partial charge is 0.508 e. The molecule has 1 N–H and O–H groups in total. The lowest BCUT2D eigenvalue weighted by Crippen LogP contribution is -2.05. The van der Waals surface area contributed by atoms with Gasteiger partial charge < -0.3 is 9.84 Å². The Morgan fingerprint density at radius 2 is 1.92 bits per heavy atom. The summed E-state index contributed by atoms with van der Waals surface area (Å²) >= 11 is 6.00. The molecule has 2 aromatic carbocycles. The summed E-state index contributed by atoms with van der Waals surface area (Å²) in [5.74, 6) is 0.713. The lowest BCUT2D eigenvalue weighted by atomic mass is 10.1. The molecule has 4 rings (SSSR count). The predicted molar refractivity (Wildman–Crippen MR) is 101 cm³/mol. The quantitative estimate of drug-likeness (QED) is 0.570. The zero-order chi connectivity index (χ0) is 17.9. The maximum Gasteiger partial charge on any atom is 0.231 e. The highest BCUT2D eigenvalue weighted by atomic mass is 35.5. The first-order chi connectivity index (χ1) is 12.7. The van der Waals surface area contributed by atoms with E-state index in [0.29, 0.717) is 18.1 Å². The lowest BCUT2D eigenvalue weighted by molar-refractivity contribution is 0.305. The van der Waals surface area contributed by atoms with Crippen molar-refractivity contribution in [1.82, 2.24) is 14.6 Å². The van der Waals surface area contributed by atoms with Crippen molar-refractivity contribution >= 4 is 17.2 Å². The smallest absolute Gasteiger partial charge is 0.231 e. The Hall–Kier alpha value is -3.05. The highest BCUT2D eigenvalue weighted by Gasteiger charge is 2.09. The van der Waals surface area contributed by atoms with Crippen molar-refractivity contribution in [2.45, 2.75) is 6.42 Å². The van der Waals surface area contributed by atoms with Crippen LogP contribution in [0.4, 0.5) is 0 Å². The number of rotatable bonds is 5. The number of halogens is 1. The van der Waals surface area contributed by atoms with Crippen LogP contribution in [0, 0.1) is 0 Å². The molecule has 0 aliphatic carbocycles. The molecule has 0 bridgehead atoms. The normalized spacial score (nSPS) is 11.0. The Balaban J connectivity index is 1.54. The van der Waals surface area contributed by atoms with Crippen molar-refractivity contribution in [3.63, 3.8) is 0 Å². The van der Waals surface area contributed by atoms with Crippen molar-refractivity contribution in [2.75, 3.05) is 6.61 Å². The maximum atomic E-state index is 9.70. The van der Waals surface area contributed by atoms with Crippen LogP contribution in [0.1, 0.15) is 5.56 Å². The molecule has 0 spiro atoms. The molecule has 4 aromatic rings. The monoisotopic (exact) mass is 365 g/mol. The summed E-state index contributed by atoms with van der Waals surface area (Å²) < 4.78 is 7.50. The van der Waals surface area contributed by atoms with E-state index in [1.165, 1.54) is 0 Å². The lowest BCUT2D eigenvalue weighted by Gasteiger charge is -2.07. The van der Waals surface area contributed by atoms with Gasteiger partial charge in [-0.15, -0.1) is 5.10 Å². The highest BCUT2D eigenvalue weighted by Crippen LogP contribution is 2.24. The summed E-state index contributed by atoms with van der Waals surface area (Å²) in [5, 5.41) is 14.9. The molecule has 0 amide bonds. The second-order valence-electron chi connectivity index (χ2n) is 5.86. The second-order valence-corrected chi connectivity index (χ2v) is 6.30. The van der Waals surface area contributed by atoms with Gasteiger partial charge in [-0.25, -0.2) is 9.50 Å². The zero-order valence-electron chi connectivity index (χ0n) is 13.8. The topological polar surface area (TPSA) is 59.7 Å². The van der Waals surface area contributed by atoms with E-state index in [2.05, 4.69) is 10.1 Å². The van der Waals surface area contributed by atoms with Crippen LogP contribution in [0.15, 0.2) is 66.9 Å². The summed E-state index contributed by atoms with van der Waals surface area (Å²) in [7, 11) is 0. The number of fused-ring (bicyclic) bond motifs is 1. The van der Waals surface area contributed by atoms with Gasteiger partial charge in [-0.3, -0.25) is 0 Å². The van der Waals surface area contributed by atoms with Gasteiger partial charge in [0.1, 0.15) is 5.75 Å². The molecule has 5 nitrogen and oxygen atoms in total. The maximum absolute atomic E-state index is 9.70. The van der Waals surface area contributed by atoms with Crippen molar-refractivity contribution < 1.29 is 9.84 Å². The van der Waals surface area contributed by atoms with Crippen molar-refractivity contribution in [1.29, 1.82) is 0 Å². The standard InChI is InChI=1S/C20H16ClN3O2/c21-16-5-1-3-14(11-16)9-10-26-20-8-7-19-22-13-18(24(19)23-20)15-4-2-6-17(25)12-15/h1-8,11-13,25H,9-10H2. The van der Waals surface area contributed by atoms with Crippen LogP contribution in [0.5, 0.6) is 11.6 Å². The van der Waals surface area contributed by atoms with E-state index in [1.54, 1.807) is 35.0 Å². The van der Waals surface area contributed by atoms with E-state index in [-0.39, 0.29) is 5.75 Å². The number of nitrogens with zero attached hydrogens (tertiary/aromatic N) is 3. The molecule has 2 aromatic heterocycles. The molecule has 0 aliphatic heterocycles. The molecule has 0 unspecified atom stereocenters. The first-order valence-corrected chi connectivity index (χ1v) is 8.58. The van der Waals surface area contributed by atoms with E-state index in [4.69, 9.17) is 16.3 Å². The van der Waals surface area contributed by atoms with Crippen LogP contribution in [0.2, 0.25) is 5.02 Å². The third kappa shape index (κ3) is 3.48. The molecule has 0 radical (unpaired) electrons. The molecular weight excluding hydrogens is 350 g/mol. The first kappa shape index (κ1) is 16.4. The van der Waals surface area contributed by atoms with Gasteiger partial charge in [0.2, 0.25) is 5.88 Å². The Kier molecular flexibility index (Phi) is 4.46. The summed E-state index contributed by atoms with van der Waals surface area (Å²) in [4.78, 5) is 4.35. The van der Waals surface area contributed by atoms with E-state index >= 15 is 0 Å². The van der Waals surface area contributed by atoms with Crippen LogP contribution in [0.3, 0.4) is 0 Å². The van der Waals surface area contributed by atoms with E-state index in [0.717, 1.165) is 28.3 Å². The minimum absolute atomic E-state index is 0.200. The molecule has 0 aliphatic rings. The molecule has 130 valence electrons. The number of phenolic OH excluding ortho intramolecular Hbond substituents is 1. The van der Waals surface area contributed by atoms with Gasteiger partial charge in [-0.2, -0.15) is 0 Å². The Morgan fingerprint density at radius 1 is 1.04 bits per heavy atom. The van der Waals surface area contributed by atoms with E-state index < -0.39 is 0 Å². The molecule has 0 atom stereocenters. The van der Waals surface area contributed by atoms with Gasteiger partial charge in [0, 0.05) is 23.1 Å². The van der Waals surface area contributed by atoms with Crippen LogP contribution in [-0.2, 0) is 6.42 Å². The molecular formula is C20H16ClN3O2. The van der Waals surface area contributed by atoms with Gasteiger partial charge >= 0.3 is 0 Å². The minimum atomic E-state index is 0.200. The van der Waals surface area contributed by atoms with Gasteiger partial charge in [0.15, 0.2) is 5.65 Å². The van der Waals surface area contributed by atoms with E-state index in [9.17, 15) is 5.11 Å². The van der Waals surface area contributed by atoms with Crippen molar-refractivity contribution in [2.24, 2.45) is 0 Å². The molecule has 0 saturated heterocycles. The minimum Gasteiger partial charge on any atom is -0.508 e. The number of benzene rings is 2. The number of phenols is 1. The predicted octanol–water partition coefficient (Wildman–Crippen LogP) is 4.38. The fourth-order valence-electron chi connectivity index (χ4n) is 2.76. The average Bonchev–Trinajstić information content (AvgIpc) is 3.05. The van der Waals surface area contributed by atoms with Gasteiger partial charge in [0.25, 0.3) is 0 Å². The zero-order valence-corrected chi connectivity index (χ0v) is 14.6. The Labute approximate surface area is 155 Å². The second kappa shape index (κ2) is 7.06. The van der Waals surface area contributed by atoms with Gasteiger partial charge in [0.05, 0.1) is 18.5 Å². The highest BCUT2D eigenvalue weighted by molar-refractivity contribution is 6.30. The number of aromatic hydroxyl groups is 1. The number of hydrogen-bond acceptors (Lipinski definition) is 4. The van der Waals surface area contributed by atoms with E-state index in [1.807, 2.05) is 36.4 Å². The van der Waals surface area contributed by atoms with Crippen LogP contribution in [0.25, 0.3) is 16.9 Å². The summed E-state index contributed by atoms with van der Waals surface area (Å²) in [6, 6.07) is 18.4. The number of imidazole rings is 1. The van der Waals surface area contributed by atoms with Gasteiger partial charge in [-0.1, -0.05) is 35.9 Å². The summed E-state index contributed by atoms with van der Waals surface area (Å²) in [6.45, 7) is 0.495. The fraction of sp³-hybridized carbons (Fsp3) is 0.100. The first-order valence-electron chi connectivity index (χ1n) is 8.20. The Morgan fingerprint density at radius 3 is 2.77 bits per heavy atom. The molecule has 0 fully saturated rings. The molecule has 0 saturated carbocycles.